The summed E-state index contributed by atoms with van der Waals surface area (Å²) in [4.78, 5) is 17.4. The SMILES string of the molecule is CCCCCc1nc(C(C)(C)C(=O)O)sc1CCCCC. The third-order valence-corrected chi connectivity index (χ3v) is 5.35. The summed E-state index contributed by atoms with van der Waals surface area (Å²) < 4.78 is 0. The molecule has 1 N–H and O–H groups in total. The molecule has 0 aliphatic heterocycles. The zero-order valence-electron chi connectivity index (χ0n) is 13.9. The van der Waals surface area contributed by atoms with E-state index < -0.39 is 11.4 Å². The van der Waals surface area contributed by atoms with Crippen LogP contribution in [0.25, 0.3) is 0 Å². The number of rotatable bonds is 10. The van der Waals surface area contributed by atoms with Gasteiger partial charge in [-0.15, -0.1) is 11.3 Å². The van der Waals surface area contributed by atoms with Crippen LogP contribution < -0.4 is 0 Å². The van der Waals surface area contributed by atoms with Crippen molar-refractivity contribution in [3.63, 3.8) is 0 Å². The molecule has 120 valence electrons. The minimum Gasteiger partial charge on any atom is -0.481 e. The van der Waals surface area contributed by atoms with Crippen molar-refractivity contribution in [2.24, 2.45) is 0 Å². The second-order valence-corrected chi connectivity index (χ2v) is 7.32. The van der Waals surface area contributed by atoms with Crippen molar-refractivity contribution >= 4 is 17.3 Å². The summed E-state index contributed by atoms with van der Waals surface area (Å²) in [7, 11) is 0. The van der Waals surface area contributed by atoms with Crippen LogP contribution >= 0.6 is 11.3 Å². The molecular weight excluding hydrogens is 282 g/mol. The predicted octanol–water partition coefficient (Wildman–Crippen LogP) is 4.97. The van der Waals surface area contributed by atoms with Crippen molar-refractivity contribution in [1.29, 1.82) is 0 Å². The number of aromatic nitrogens is 1. The fourth-order valence-electron chi connectivity index (χ4n) is 2.21. The lowest BCUT2D eigenvalue weighted by atomic mass is 9.95. The van der Waals surface area contributed by atoms with Gasteiger partial charge in [0.25, 0.3) is 0 Å². The third-order valence-electron chi connectivity index (χ3n) is 3.87. The van der Waals surface area contributed by atoms with Gasteiger partial charge in [-0.05, 0) is 39.5 Å². The summed E-state index contributed by atoms with van der Waals surface area (Å²) >= 11 is 1.61. The molecule has 0 aliphatic rings. The molecule has 0 aliphatic carbocycles. The van der Waals surface area contributed by atoms with Crippen LogP contribution in [0.15, 0.2) is 0 Å². The molecule has 1 aromatic heterocycles. The molecule has 1 aromatic rings. The van der Waals surface area contributed by atoms with Crippen LogP contribution in [0.3, 0.4) is 0 Å². The van der Waals surface area contributed by atoms with Gasteiger partial charge in [0.15, 0.2) is 0 Å². The summed E-state index contributed by atoms with van der Waals surface area (Å²) in [6, 6.07) is 0. The zero-order chi connectivity index (χ0) is 15.9. The molecule has 0 saturated carbocycles. The Bertz CT molecular complexity index is 424. The Balaban J connectivity index is 2.91. The second kappa shape index (κ2) is 8.52. The van der Waals surface area contributed by atoms with Crippen LogP contribution in [-0.2, 0) is 23.1 Å². The number of hydrogen-bond donors (Lipinski definition) is 1. The first-order valence-electron chi connectivity index (χ1n) is 8.15. The first kappa shape index (κ1) is 18.1. The number of thiazole rings is 1. The standard InChI is InChI=1S/C17H29NO2S/c1-5-7-9-11-13-14(12-10-8-6-2)21-15(18-13)17(3,4)16(19)20/h5-12H2,1-4H3,(H,19,20). The van der Waals surface area contributed by atoms with E-state index in [-0.39, 0.29) is 0 Å². The van der Waals surface area contributed by atoms with Gasteiger partial charge in [-0.25, -0.2) is 4.98 Å². The lowest BCUT2D eigenvalue weighted by Gasteiger charge is -2.15. The molecule has 4 heteroatoms. The molecule has 0 atom stereocenters. The van der Waals surface area contributed by atoms with Gasteiger partial charge in [-0.2, -0.15) is 0 Å². The Labute approximate surface area is 132 Å². The van der Waals surface area contributed by atoms with Crippen molar-refractivity contribution < 1.29 is 9.90 Å². The lowest BCUT2D eigenvalue weighted by molar-refractivity contribution is -0.142. The van der Waals surface area contributed by atoms with Crippen molar-refractivity contribution in [1.82, 2.24) is 4.98 Å². The first-order valence-corrected chi connectivity index (χ1v) is 8.97. The van der Waals surface area contributed by atoms with Gasteiger partial charge in [0.05, 0.1) is 5.69 Å². The average Bonchev–Trinajstić information content (AvgIpc) is 2.83. The monoisotopic (exact) mass is 311 g/mol. The maximum absolute atomic E-state index is 11.4. The number of carboxylic acid groups (broad SMARTS) is 1. The summed E-state index contributed by atoms with van der Waals surface area (Å²) in [5.74, 6) is -0.795. The molecule has 0 bridgehead atoms. The summed E-state index contributed by atoms with van der Waals surface area (Å²) in [5, 5.41) is 10.1. The fourth-order valence-corrected chi connectivity index (χ4v) is 3.45. The first-order chi connectivity index (χ1) is 9.93. The van der Waals surface area contributed by atoms with E-state index in [1.54, 1.807) is 25.2 Å². The van der Waals surface area contributed by atoms with E-state index in [4.69, 9.17) is 4.98 Å². The summed E-state index contributed by atoms with van der Waals surface area (Å²) in [6.07, 6.45) is 9.19. The number of aryl methyl sites for hydroxylation is 2. The minimum atomic E-state index is -0.882. The van der Waals surface area contributed by atoms with Gasteiger partial charge in [0.1, 0.15) is 10.4 Å². The molecule has 3 nitrogen and oxygen atoms in total. The second-order valence-electron chi connectivity index (χ2n) is 6.23. The molecule has 1 rings (SSSR count). The van der Waals surface area contributed by atoms with E-state index >= 15 is 0 Å². The minimum absolute atomic E-state index is 0.757. The number of aliphatic carboxylic acids is 1. The van der Waals surface area contributed by atoms with Crippen molar-refractivity contribution in [3.8, 4) is 0 Å². The molecule has 0 aromatic carbocycles. The number of nitrogens with zero attached hydrogens (tertiary/aromatic N) is 1. The smallest absolute Gasteiger partial charge is 0.316 e. The van der Waals surface area contributed by atoms with E-state index in [0.717, 1.165) is 30.0 Å². The Kier molecular flexibility index (Phi) is 7.36. The fraction of sp³-hybridized carbons (Fsp3) is 0.765. The molecule has 0 amide bonds. The molecule has 0 fully saturated rings. The van der Waals surface area contributed by atoms with Crippen LogP contribution in [0.5, 0.6) is 0 Å². The maximum atomic E-state index is 11.4. The Morgan fingerprint density at radius 2 is 1.67 bits per heavy atom. The maximum Gasteiger partial charge on any atom is 0.316 e. The van der Waals surface area contributed by atoms with E-state index in [9.17, 15) is 9.90 Å². The van der Waals surface area contributed by atoms with Gasteiger partial charge in [0.2, 0.25) is 0 Å². The Morgan fingerprint density at radius 3 is 2.19 bits per heavy atom. The van der Waals surface area contributed by atoms with E-state index in [1.165, 1.54) is 37.0 Å². The molecular formula is C17H29NO2S. The normalized spacial score (nSPS) is 11.8. The summed E-state index contributed by atoms with van der Waals surface area (Å²) in [6.45, 7) is 7.90. The highest BCUT2D eigenvalue weighted by Crippen LogP contribution is 2.32. The van der Waals surface area contributed by atoms with E-state index in [2.05, 4.69) is 13.8 Å². The average molecular weight is 311 g/mol. The largest absolute Gasteiger partial charge is 0.481 e. The molecule has 0 saturated heterocycles. The van der Waals surface area contributed by atoms with Gasteiger partial charge in [-0.3, -0.25) is 4.79 Å². The van der Waals surface area contributed by atoms with Crippen molar-refractivity contribution in [3.05, 3.63) is 15.6 Å². The lowest BCUT2D eigenvalue weighted by Crippen LogP contribution is -2.28. The highest BCUT2D eigenvalue weighted by atomic mass is 32.1. The van der Waals surface area contributed by atoms with Crippen LogP contribution in [0, 0.1) is 0 Å². The zero-order valence-corrected chi connectivity index (χ0v) is 14.7. The molecule has 0 unspecified atom stereocenters. The molecule has 0 radical (unpaired) electrons. The van der Waals surface area contributed by atoms with Crippen LogP contribution in [0.4, 0.5) is 0 Å². The van der Waals surface area contributed by atoms with Gasteiger partial charge in [0, 0.05) is 4.88 Å². The summed E-state index contributed by atoms with van der Waals surface area (Å²) in [5.41, 5.74) is 0.265. The van der Waals surface area contributed by atoms with Gasteiger partial charge < -0.3 is 5.11 Å². The Hall–Kier alpha value is -0.900. The van der Waals surface area contributed by atoms with Crippen LogP contribution in [-0.4, -0.2) is 16.1 Å². The van der Waals surface area contributed by atoms with Crippen molar-refractivity contribution in [2.45, 2.75) is 84.5 Å². The number of carbonyl (C=O) groups is 1. The quantitative estimate of drug-likeness (QED) is 0.621. The van der Waals surface area contributed by atoms with E-state index in [1.807, 2.05) is 0 Å². The highest BCUT2D eigenvalue weighted by molar-refractivity contribution is 7.12. The van der Waals surface area contributed by atoms with Crippen molar-refractivity contribution in [2.75, 3.05) is 0 Å². The predicted molar refractivity (Wildman–Crippen MR) is 89.2 cm³/mol. The number of carboxylic acids is 1. The number of unbranched alkanes of at least 4 members (excludes halogenated alkanes) is 4. The highest BCUT2D eigenvalue weighted by Gasteiger charge is 2.33. The van der Waals surface area contributed by atoms with Crippen LogP contribution in [0.2, 0.25) is 0 Å². The van der Waals surface area contributed by atoms with Crippen LogP contribution in [0.1, 0.15) is 81.8 Å². The van der Waals surface area contributed by atoms with E-state index in [0.29, 0.717) is 0 Å². The van der Waals surface area contributed by atoms with Gasteiger partial charge >= 0.3 is 5.97 Å². The third kappa shape index (κ3) is 5.10. The Morgan fingerprint density at radius 1 is 1.10 bits per heavy atom. The molecule has 21 heavy (non-hydrogen) atoms. The molecule has 0 spiro atoms. The number of hydrogen-bond acceptors (Lipinski definition) is 3. The molecule has 1 heterocycles. The van der Waals surface area contributed by atoms with Gasteiger partial charge in [-0.1, -0.05) is 39.5 Å². The topological polar surface area (TPSA) is 50.2 Å².